The lowest BCUT2D eigenvalue weighted by atomic mass is 9.43. The van der Waals surface area contributed by atoms with Crippen LogP contribution in [-0.2, 0) is 23.9 Å². The Bertz CT molecular complexity index is 761. The molecule has 180 valence electrons. The van der Waals surface area contributed by atoms with Crippen LogP contribution < -0.4 is 0 Å². The number of carbonyl (C=O) groups is 3. The third-order valence-electron chi connectivity index (χ3n) is 10.7. The van der Waals surface area contributed by atoms with Crippen molar-refractivity contribution >= 4 is 17.7 Å². The first-order valence-corrected chi connectivity index (χ1v) is 12.9. The summed E-state index contributed by atoms with van der Waals surface area (Å²) in [5.74, 6) is 3.16. The molecule has 4 fully saturated rings. The monoisotopic (exact) mass is 446 g/mol. The van der Waals surface area contributed by atoms with Crippen molar-refractivity contribution < 1.29 is 23.9 Å². The van der Waals surface area contributed by atoms with Crippen LogP contribution in [0.4, 0.5) is 0 Å². The molecule has 0 aromatic heterocycles. The number of fused-ring (bicyclic) bond motifs is 5. The maximum atomic E-state index is 12.2. The number of methoxy groups -OCH3 is 1. The summed E-state index contributed by atoms with van der Waals surface area (Å²) in [6, 6.07) is 0. The molecule has 0 unspecified atom stereocenters. The zero-order chi connectivity index (χ0) is 23.3. The van der Waals surface area contributed by atoms with E-state index in [2.05, 4.69) is 20.8 Å². The molecule has 0 heterocycles. The molecule has 4 saturated carbocycles. The summed E-state index contributed by atoms with van der Waals surface area (Å²) in [5.41, 5.74) is 0.140. The highest BCUT2D eigenvalue weighted by Crippen LogP contribution is 2.68. The predicted octanol–water partition coefficient (Wildman–Crippen LogP) is 5.35. The van der Waals surface area contributed by atoms with E-state index in [4.69, 9.17) is 9.47 Å². The molecule has 0 N–H and O–H groups in total. The summed E-state index contributed by atoms with van der Waals surface area (Å²) in [4.78, 5) is 36.2. The van der Waals surface area contributed by atoms with Gasteiger partial charge in [-0.1, -0.05) is 20.8 Å². The van der Waals surface area contributed by atoms with Gasteiger partial charge in [0.05, 0.1) is 7.11 Å². The molecular formula is C27H42O5. The summed E-state index contributed by atoms with van der Waals surface area (Å²) in [7, 11) is 1.45. The molecule has 0 bridgehead atoms. The van der Waals surface area contributed by atoms with Crippen molar-refractivity contribution in [1.82, 2.24) is 0 Å². The van der Waals surface area contributed by atoms with Gasteiger partial charge in [0.2, 0.25) is 0 Å². The Morgan fingerprint density at radius 2 is 1.88 bits per heavy atom. The standard InChI is InChI=1S/C27H42O5/c1-16(6-11-25(30)31-5)21-9-10-22-20-8-7-18-14-19(29)12-13-26(18,3)23(20)15-24(27(21,22)4)32-17(2)28/h16,18,20-24H,6-15H2,1-5H3/t16-,18-,20+,21+,22-,23+,24+,26+,27+/m1/s1. The number of Topliss-reactive ketones (excluding diaryl/α,β-unsaturated/α-hetero) is 1. The quantitative estimate of drug-likeness (QED) is 0.533. The SMILES string of the molecule is COC(=O)CC[C@@H](C)[C@@H]1CC[C@@H]2[C@@H]3CC[C@@H]4CC(=O)CC[C@]4(C)[C@H]3C[C@H](OC(C)=O)[C@]21C. The molecule has 0 saturated heterocycles. The van der Waals surface area contributed by atoms with Crippen molar-refractivity contribution in [2.75, 3.05) is 7.11 Å². The molecule has 32 heavy (non-hydrogen) atoms. The van der Waals surface area contributed by atoms with E-state index in [9.17, 15) is 14.4 Å². The fraction of sp³-hybridized carbons (Fsp3) is 0.889. The zero-order valence-electron chi connectivity index (χ0n) is 20.7. The molecule has 4 rings (SSSR count). The van der Waals surface area contributed by atoms with Crippen molar-refractivity contribution in [3.8, 4) is 0 Å². The molecule has 0 amide bonds. The summed E-state index contributed by atoms with van der Waals surface area (Å²) < 4.78 is 11.0. The lowest BCUT2D eigenvalue weighted by molar-refractivity contribution is -0.193. The van der Waals surface area contributed by atoms with Crippen molar-refractivity contribution in [3.05, 3.63) is 0 Å². The Hall–Kier alpha value is -1.39. The highest BCUT2D eigenvalue weighted by Gasteiger charge is 2.64. The highest BCUT2D eigenvalue weighted by atomic mass is 16.5. The summed E-state index contributed by atoms with van der Waals surface area (Å²) in [5, 5.41) is 0. The first kappa shape index (κ1) is 23.8. The van der Waals surface area contributed by atoms with Crippen LogP contribution in [0.2, 0.25) is 0 Å². The molecule has 0 spiro atoms. The average molecular weight is 447 g/mol. The molecule has 4 aliphatic rings. The van der Waals surface area contributed by atoms with E-state index in [-0.39, 0.29) is 28.9 Å². The van der Waals surface area contributed by atoms with E-state index in [1.54, 1.807) is 6.92 Å². The van der Waals surface area contributed by atoms with Gasteiger partial charge in [0.15, 0.2) is 0 Å². The number of esters is 2. The van der Waals surface area contributed by atoms with Gasteiger partial charge >= 0.3 is 11.9 Å². The maximum Gasteiger partial charge on any atom is 0.305 e. The van der Waals surface area contributed by atoms with Crippen molar-refractivity contribution in [2.45, 2.75) is 98.0 Å². The first-order chi connectivity index (χ1) is 15.1. The second kappa shape index (κ2) is 8.76. The van der Waals surface area contributed by atoms with Crippen LogP contribution in [0, 0.1) is 46.3 Å². The largest absolute Gasteiger partial charge is 0.469 e. The number of hydrogen-bond acceptors (Lipinski definition) is 5. The fourth-order valence-corrected chi connectivity index (χ4v) is 8.97. The van der Waals surface area contributed by atoms with E-state index in [1.807, 2.05) is 0 Å². The van der Waals surface area contributed by atoms with Crippen molar-refractivity contribution in [3.63, 3.8) is 0 Å². The Labute approximate surface area is 193 Å². The Morgan fingerprint density at radius 3 is 2.56 bits per heavy atom. The third-order valence-corrected chi connectivity index (χ3v) is 10.7. The van der Waals surface area contributed by atoms with Crippen LogP contribution in [0.3, 0.4) is 0 Å². The number of hydrogen-bond donors (Lipinski definition) is 0. The van der Waals surface area contributed by atoms with E-state index < -0.39 is 0 Å². The van der Waals surface area contributed by atoms with Gasteiger partial charge < -0.3 is 9.47 Å². The van der Waals surface area contributed by atoms with E-state index >= 15 is 0 Å². The molecule has 9 atom stereocenters. The van der Waals surface area contributed by atoms with Gasteiger partial charge in [0, 0.05) is 31.6 Å². The van der Waals surface area contributed by atoms with Crippen molar-refractivity contribution in [2.24, 2.45) is 46.3 Å². The second-order valence-electron chi connectivity index (χ2n) is 11.9. The van der Waals surface area contributed by atoms with Crippen LogP contribution in [-0.4, -0.2) is 30.9 Å². The number of ether oxygens (including phenoxy) is 2. The zero-order valence-corrected chi connectivity index (χ0v) is 20.7. The Balaban J connectivity index is 1.62. The van der Waals surface area contributed by atoms with E-state index in [1.165, 1.54) is 20.0 Å². The van der Waals surface area contributed by atoms with Crippen LogP contribution in [0.5, 0.6) is 0 Å². The smallest absolute Gasteiger partial charge is 0.305 e. The molecule has 5 nitrogen and oxygen atoms in total. The van der Waals surface area contributed by atoms with Gasteiger partial charge in [-0.2, -0.15) is 0 Å². The van der Waals surface area contributed by atoms with Gasteiger partial charge in [-0.15, -0.1) is 0 Å². The summed E-state index contributed by atoms with van der Waals surface area (Å²) >= 11 is 0. The predicted molar refractivity (Wildman–Crippen MR) is 122 cm³/mol. The lowest BCUT2D eigenvalue weighted by Crippen LogP contribution is -2.59. The fourth-order valence-electron chi connectivity index (χ4n) is 8.97. The first-order valence-electron chi connectivity index (χ1n) is 12.9. The molecule has 0 radical (unpaired) electrons. The number of rotatable bonds is 5. The van der Waals surface area contributed by atoms with Gasteiger partial charge in [-0.05, 0) is 85.9 Å². The van der Waals surface area contributed by atoms with Crippen molar-refractivity contribution in [1.29, 1.82) is 0 Å². The number of carbonyl (C=O) groups excluding carboxylic acids is 3. The van der Waals surface area contributed by atoms with Crippen LogP contribution in [0.25, 0.3) is 0 Å². The van der Waals surface area contributed by atoms with Crippen LogP contribution in [0.15, 0.2) is 0 Å². The van der Waals surface area contributed by atoms with Gasteiger partial charge in [-0.3, -0.25) is 14.4 Å². The van der Waals surface area contributed by atoms with Gasteiger partial charge in [-0.25, -0.2) is 0 Å². The lowest BCUT2D eigenvalue weighted by Gasteiger charge is -2.62. The second-order valence-corrected chi connectivity index (χ2v) is 11.9. The molecule has 5 heteroatoms. The van der Waals surface area contributed by atoms with E-state index in [0.717, 1.165) is 38.5 Å². The maximum absolute atomic E-state index is 12.2. The Morgan fingerprint density at radius 1 is 1.12 bits per heavy atom. The van der Waals surface area contributed by atoms with Crippen LogP contribution in [0.1, 0.15) is 91.9 Å². The molecule has 4 aliphatic carbocycles. The highest BCUT2D eigenvalue weighted by molar-refractivity contribution is 5.79. The summed E-state index contributed by atoms with van der Waals surface area (Å²) in [6.45, 7) is 8.62. The number of ketones is 1. The topological polar surface area (TPSA) is 69.7 Å². The minimum atomic E-state index is -0.183. The summed E-state index contributed by atoms with van der Waals surface area (Å²) in [6.07, 6.45) is 9.27. The third kappa shape index (κ3) is 3.81. The molecular weight excluding hydrogens is 404 g/mol. The normalized spacial score (nSPS) is 44.1. The van der Waals surface area contributed by atoms with Gasteiger partial charge in [0.25, 0.3) is 0 Å². The molecule has 0 aromatic carbocycles. The minimum Gasteiger partial charge on any atom is -0.469 e. The van der Waals surface area contributed by atoms with E-state index in [0.29, 0.717) is 54.1 Å². The average Bonchev–Trinajstić information content (AvgIpc) is 3.11. The van der Waals surface area contributed by atoms with Crippen LogP contribution >= 0.6 is 0 Å². The Kier molecular flexibility index (Phi) is 6.50. The minimum absolute atomic E-state index is 0.0456. The van der Waals surface area contributed by atoms with Gasteiger partial charge in [0.1, 0.15) is 11.9 Å². The molecule has 0 aromatic rings. The molecule has 0 aliphatic heterocycles.